The Morgan fingerprint density at radius 3 is 2.32 bits per heavy atom. The van der Waals surface area contributed by atoms with Crippen LogP contribution in [0.4, 0.5) is 0 Å². The molecule has 0 heterocycles. The Morgan fingerprint density at radius 1 is 0.929 bits per heavy atom. The number of hydrogen-bond donors (Lipinski definition) is 1. The third-order valence-electron chi connectivity index (χ3n) is 4.88. The fourth-order valence-electron chi connectivity index (χ4n) is 3.46. The zero-order chi connectivity index (χ0) is 20.1. The van der Waals surface area contributed by atoms with E-state index < -0.39 is 0 Å². The fraction of sp³-hybridized carbons (Fsp3) is 0.240. The van der Waals surface area contributed by atoms with Crippen molar-refractivity contribution in [3.63, 3.8) is 0 Å². The Hall–Kier alpha value is -3.07. The SMILES string of the molecule is CCOc1ccc(C(=O)N[C@@H](c2ccccc2)c2ccc(C)cc2C)cc1C. The Bertz CT molecular complexity index is 964. The van der Waals surface area contributed by atoms with E-state index in [0.717, 1.165) is 28.0 Å². The van der Waals surface area contributed by atoms with Crippen LogP contribution in [0.25, 0.3) is 0 Å². The van der Waals surface area contributed by atoms with E-state index in [4.69, 9.17) is 4.74 Å². The molecule has 0 bridgehead atoms. The number of carbonyl (C=O) groups is 1. The monoisotopic (exact) mass is 373 g/mol. The maximum atomic E-state index is 13.0. The first-order valence-electron chi connectivity index (χ1n) is 9.66. The summed E-state index contributed by atoms with van der Waals surface area (Å²) in [6.45, 7) is 8.69. The average molecular weight is 373 g/mol. The summed E-state index contributed by atoms with van der Waals surface area (Å²) < 4.78 is 5.59. The van der Waals surface area contributed by atoms with Gasteiger partial charge in [-0.2, -0.15) is 0 Å². The summed E-state index contributed by atoms with van der Waals surface area (Å²) in [5.41, 5.74) is 6.13. The van der Waals surface area contributed by atoms with Gasteiger partial charge in [-0.3, -0.25) is 4.79 Å². The molecule has 0 saturated carbocycles. The van der Waals surface area contributed by atoms with Crippen LogP contribution < -0.4 is 10.1 Å². The van der Waals surface area contributed by atoms with Crippen molar-refractivity contribution >= 4 is 5.91 Å². The second kappa shape index (κ2) is 8.75. The van der Waals surface area contributed by atoms with Crippen molar-refractivity contribution in [2.75, 3.05) is 6.61 Å². The van der Waals surface area contributed by atoms with Gasteiger partial charge < -0.3 is 10.1 Å². The van der Waals surface area contributed by atoms with E-state index in [1.54, 1.807) is 0 Å². The Labute approximate surface area is 167 Å². The molecule has 0 radical (unpaired) electrons. The van der Waals surface area contributed by atoms with E-state index in [1.807, 2.05) is 62.4 Å². The summed E-state index contributed by atoms with van der Waals surface area (Å²) in [6, 6.07) is 21.8. The van der Waals surface area contributed by atoms with Crippen molar-refractivity contribution in [3.05, 3.63) is 100 Å². The lowest BCUT2D eigenvalue weighted by molar-refractivity contribution is 0.0943. The van der Waals surface area contributed by atoms with E-state index in [9.17, 15) is 4.79 Å². The third kappa shape index (κ3) is 4.42. The van der Waals surface area contributed by atoms with Crippen LogP contribution in [0.5, 0.6) is 5.75 Å². The van der Waals surface area contributed by atoms with Crippen LogP contribution in [0.2, 0.25) is 0 Å². The molecule has 0 aliphatic carbocycles. The molecule has 3 aromatic rings. The van der Waals surface area contributed by atoms with Gasteiger partial charge >= 0.3 is 0 Å². The number of amides is 1. The van der Waals surface area contributed by atoms with Crippen LogP contribution in [0.1, 0.15) is 51.1 Å². The maximum Gasteiger partial charge on any atom is 0.252 e. The fourth-order valence-corrected chi connectivity index (χ4v) is 3.46. The Balaban J connectivity index is 1.93. The van der Waals surface area contributed by atoms with Gasteiger partial charge in [0.15, 0.2) is 0 Å². The normalized spacial score (nSPS) is 11.7. The summed E-state index contributed by atoms with van der Waals surface area (Å²) in [7, 11) is 0. The maximum absolute atomic E-state index is 13.0. The van der Waals surface area contributed by atoms with E-state index >= 15 is 0 Å². The van der Waals surface area contributed by atoms with Gasteiger partial charge in [0, 0.05) is 5.56 Å². The lowest BCUT2D eigenvalue weighted by atomic mass is 9.93. The number of benzene rings is 3. The number of carbonyl (C=O) groups excluding carboxylic acids is 1. The van der Waals surface area contributed by atoms with Gasteiger partial charge in [-0.1, -0.05) is 54.1 Å². The molecule has 3 heteroatoms. The second-order valence-electron chi connectivity index (χ2n) is 7.09. The minimum absolute atomic E-state index is 0.0972. The molecule has 1 amide bonds. The third-order valence-corrected chi connectivity index (χ3v) is 4.88. The highest BCUT2D eigenvalue weighted by molar-refractivity contribution is 5.95. The number of ether oxygens (including phenoxy) is 1. The van der Waals surface area contributed by atoms with Gasteiger partial charge in [-0.25, -0.2) is 0 Å². The summed E-state index contributed by atoms with van der Waals surface area (Å²) in [5.74, 6) is 0.716. The molecule has 144 valence electrons. The van der Waals surface area contributed by atoms with Crippen LogP contribution in [-0.2, 0) is 0 Å². The van der Waals surface area contributed by atoms with Gasteiger partial charge in [0.25, 0.3) is 5.91 Å². The van der Waals surface area contributed by atoms with Crippen molar-refractivity contribution in [2.45, 2.75) is 33.7 Å². The number of nitrogens with one attached hydrogen (secondary N) is 1. The average Bonchev–Trinajstić information content (AvgIpc) is 2.69. The van der Waals surface area contributed by atoms with Gasteiger partial charge in [0.05, 0.1) is 12.6 Å². The lowest BCUT2D eigenvalue weighted by Crippen LogP contribution is -2.30. The molecule has 0 saturated heterocycles. The predicted octanol–water partition coefficient (Wildman–Crippen LogP) is 5.53. The van der Waals surface area contributed by atoms with Crippen LogP contribution in [0, 0.1) is 20.8 Å². The summed E-state index contributed by atoms with van der Waals surface area (Å²) in [6.07, 6.45) is 0. The molecule has 0 spiro atoms. The van der Waals surface area contributed by atoms with Gasteiger partial charge in [-0.05, 0) is 68.1 Å². The highest BCUT2D eigenvalue weighted by Crippen LogP contribution is 2.27. The van der Waals surface area contributed by atoms with E-state index in [2.05, 4.69) is 37.4 Å². The molecule has 0 aliphatic rings. The van der Waals surface area contributed by atoms with Crippen molar-refractivity contribution in [2.24, 2.45) is 0 Å². The summed E-state index contributed by atoms with van der Waals surface area (Å²) >= 11 is 0. The largest absolute Gasteiger partial charge is 0.494 e. The second-order valence-corrected chi connectivity index (χ2v) is 7.09. The minimum Gasteiger partial charge on any atom is -0.494 e. The smallest absolute Gasteiger partial charge is 0.252 e. The zero-order valence-electron chi connectivity index (χ0n) is 17.0. The Morgan fingerprint density at radius 2 is 1.68 bits per heavy atom. The van der Waals surface area contributed by atoms with Crippen LogP contribution >= 0.6 is 0 Å². The molecule has 3 rings (SSSR count). The van der Waals surface area contributed by atoms with E-state index in [0.29, 0.717) is 12.2 Å². The van der Waals surface area contributed by atoms with Gasteiger partial charge in [-0.15, -0.1) is 0 Å². The molecule has 3 aromatic carbocycles. The van der Waals surface area contributed by atoms with E-state index in [1.165, 1.54) is 5.56 Å². The van der Waals surface area contributed by atoms with Gasteiger partial charge in [0.2, 0.25) is 0 Å². The molecule has 0 aliphatic heterocycles. The molecule has 1 atom stereocenters. The van der Waals surface area contributed by atoms with Crippen LogP contribution in [0.3, 0.4) is 0 Å². The lowest BCUT2D eigenvalue weighted by Gasteiger charge is -2.22. The molecular formula is C25H27NO2. The molecule has 0 fully saturated rings. The Kier molecular flexibility index (Phi) is 6.15. The quantitative estimate of drug-likeness (QED) is 0.617. The van der Waals surface area contributed by atoms with Crippen molar-refractivity contribution in [1.82, 2.24) is 5.32 Å². The molecule has 0 unspecified atom stereocenters. The van der Waals surface area contributed by atoms with Crippen molar-refractivity contribution in [1.29, 1.82) is 0 Å². The number of aryl methyl sites for hydroxylation is 3. The molecule has 3 nitrogen and oxygen atoms in total. The van der Waals surface area contributed by atoms with Crippen molar-refractivity contribution in [3.8, 4) is 5.75 Å². The molecule has 0 aromatic heterocycles. The van der Waals surface area contributed by atoms with Crippen molar-refractivity contribution < 1.29 is 9.53 Å². The summed E-state index contributed by atoms with van der Waals surface area (Å²) in [5, 5.41) is 3.23. The molecule has 1 N–H and O–H groups in total. The topological polar surface area (TPSA) is 38.3 Å². The standard InChI is InChI=1S/C25H27NO2/c1-5-28-23-14-12-21(16-19(23)4)25(27)26-24(20-9-7-6-8-10-20)22-13-11-17(2)15-18(22)3/h6-16,24H,5H2,1-4H3,(H,26,27)/t24-/m0/s1. The highest BCUT2D eigenvalue weighted by atomic mass is 16.5. The van der Waals surface area contributed by atoms with Crippen LogP contribution in [-0.4, -0.2) is 12.5 Å². The molecule has 28 heavy (non-hydrogen) atoms. The van der Waals surface area contributed by atoms with E-state index in [-0.39, 0.29) is 11.9 Å². The first kappa shape index (κ1) is 19.7. The number of hydrogen-bond acceptors (Lipinski definition) is 2. The molecular weight excluding hydrogens is 346 g/mol. The zero-order valence-corrected chi connectivity index (χ0v) is 17.0. The summed E-state index contributed by atoms with van der Waals surface area (Å²) in [4.78, 5) is 13.0. The predicted molar refractivity (Wildman–Crippen MR) is 114 cm³/mol. The number of rotatable bonds is 6. The van der Waals surface area contributed by atoms with Crippen LogP contribution in [0.15, 0.2) is 66.7 Å². The minimum atomic E-state index is -0.207. The highest BCUT2D eigenvalue weighted by Gasteiger charge is 2.20. The van der Waals surface area contributed by atoms with Gasteiger partial charge in [0.1, 0.15) is 5.75 Å². The first-order valence-corrected chi connectivity index (χ1v) is 9.66. The first-order chi connectivity index (χ1) is 13.5.